The van der Waals surface area contributed by atoms with Crippen LogP contribution in [-0.4, -0.2) is 48.2 Å². The second kappa shape index (κ2) is 6.59. The molecule has 1 atom stereocenters. The van der Waals surface area contributed by atoms with Gasteiger partial charge in [-0.05, 0) is 12.3 Å². The number of carbonyl (C=O) groups excluding carboxylic acids is 1. The minimum atomic E-state index is -0.875. The highest BCUT2D eigenvalue weighted by Gasteiger charge is 2.25. The largest absolute Gasteiger partial charge is 0.481 e. The first-order chi connectivity index (χ1) is 8.00. The Labute approximate surface area is 102 Å². The van der Waals surface area contributed by atoms with Crippen LogP contribution in [0.1, 0.15) is 26.7 Å². The third kappa shape index (κ3) is 4.73. The Morgan fingerprint density at radius 3 is 2.35 bits per heavy atom. The zero-order valence-corrected chi connectivity index (χ0v) is 10.5. The summed E-state index contributed by atoms with van der Waals surface area (Å²) in [7, 11) is 0. The Kier molecular flexibility index (Phi) is 5.41. The molecule has 0 radical (unpaired) electrons. The van der Waals surface area contributed by atoms with Gasteiger partial charge in [0.25, 0.3) is 0 Å². The van der Waals surface area contributed by atoms with Gasteiger partial charge in [-0.15, -0.1) is 0 Å². The molecule has 1 amide bonds. The summed E-state index contributed by atoms with van der Waals surface area (Å²) >= 11 is 0. The number of carbonyl (C=O) groups is 2. The monoisotopic (exact) mass is 243 g/mol. The quantitative estimate of drug-likeness (QED) is 0.781. The number of hydrogen-bond acceptors (Lipinski definition) is 3. The Morgan fingerprint density at radius 1 is 1.29 bits per heavy atom. The summed E-state index contributed by atoms with van der Waals surface area (Å²) in [4.78, 5) is 24.7. The van der Waals surface area contributed by atoms with Crippen molar-refractivity contribution in [3.63, 3.8) is 0 Å². The van der Waals surface area contributed by atoms with Crippen molar-refractivity contribution in [3.05, 3.63) is 0 Å². The molecule has 0 aromatic heterocycles. The smallest absolute Gasteiger partial charge is 0.307 e. The number of rotatable bonds is 5. The van der Waals surface area contributed by atoms with Crippen LogP contribution in [-0.2, 0) is 14.3 Å². The summed E-state index contributed by atoms with van der Waals surface area (Å²) in [5.41, 5.74) is 0. The van der Waals surface area contributed by atoms with Crippen molar-refractivity contribution in [2.45, 2.75) is 26.7 Å². The Balaban J connectivity index is 2.47. The fourth-order valence-corrected chi connectivity index (χ4v) is 1.99. The van der Waals surface area contributed by atoms with Crippen molar-refractivity contribution < 1.29 is 19.4 Å². The molecule has 1 rings (SSSR count). The lowest BCUT2D eigenvalue weighted by Crippen LogP contribution is -2.42. The summed E-state index contributed by atoms with van der Waals surface area (Å²) in [6.45, 7) is 6.19. The zero-order valence-electron chi connectivity index (χ0n) is 10.5. The predicted molar refractivity (Wildman–Crippen MR) is 62.6 cm³/mol. The van der Waals surface area contributed by atoms with Crippen molar-refractivity contribution in [2.24, 2.45) is 11.8 Å². The van der Waals surface area contributed by atoms with E-state index in [4.69, 9.17) is 9.84 Å². The van der Waals surface area contributed by atoms with Crippen LogP contribution >= 0.6 is 0 Å². The van der Waals surface area contributed by atoms with Gasteiger partial charge in [-0.1, -0.05) is 13.8 Å². The molecule has 1 heterocycles. The van der Waals surface area contributed by atoms with E-state index in [0.717, 1.165) is 0 Å². The van der Waals surface area contributed by atoms with E-state index < -0.39 is 11.9 Å². The molecule has 5 heteroatoms. The first-order valence-electron chi connectivity index (χ1n) is 6.09. The van der Waals surface area contributed by atoms with E-state index in [2.05, 4.69) is 0 Å². The molecule has 17 heavy (non-hydrogen) atoms. The van der Waals surface area contributed by atoms with Gasteiger partial charge in [0.15, 0.2) is 0 Å². The third-order valence-corrected chi connectivity index (χ3v) is 2.89. The Morgan fingerprint density at radius 2 is 1.88 bits per heavy atom. The molecular weight excluding hydrogens is 222 g/mol. The molecule has 1 aliphatic rings. The van der Waals surface area contributed by atoms with Gasteiger partial charge in [0, 0.05) is 19.5 Å². The molecular formula is C12H21NO4. The third-order valence-electron chi connectivity index (χ3n) is 2.89. The Hall–Kier alpha value is -1.10. The van der Waals surface area contributed by atoms with Gasteiger partial charge in [-0.3, -0.25) is 9.59 Å². The van der Waals surface area contributed by atoms with Gasteiger partial charge in [0.1, 0.15) is 0 Å². The highest BCUT2D eigenvalue weighted by molar-refractivity contribution is 5.82. The van der Waals surface area contributed by atoms with Gasteiger partial charge < -0.3 is 14.7 Å². The molecule has 0 unspecified atom stereocenters. The average Bonchev–Trinajstić information content (AvgIpc) is 2.28. The van der Waals surface area contributed by atoms with Crippen molar-refractivity contribution in [2.75, 3.05) is 26.3 Å². The number of nitrogens with zero attached hydrogens (tertiary/aromatic N) is 1. The fraction of sp³-hybridized carbons (Fsp3) is 0.833. The van der Waals surface area contributed by atoms with Crippen molar-refractivity contribution >= 4 is 11.9 Å². The molecule has 1 N–H and O–H groups in total. The maximum absolute atomic E-state index is 11.9. The van der Waals surface area contributed by atoms with E-state index in [0.29, 0.717) is 32.7 Å². The molecule has 1 fully saturated rings. The molecule has 0 aromatic rings. The van der Waals surface area contributed by atoms with E-state index in [1.54, 1.807) is 4.90 Å². The number of ether oxygens (including phenoxy) is 1. The van der Waals surface area contributed by atoms with Gasteiger partial charge in [-0.2, -0.15) is 0 Å². The van der Waals surface area contributed by atoms with Crippen LogP contribution in [0.2, 0.25) is 0 Å². The molecule has 0 aliphatic carbocycles. The predicted octanol–water partition coefficient (Wildman–Crippen LogP) is 0.982. The second-order valence-corrected chi connectivity index (χ2v) is 4.86. The van der Waals surface area contributed by atoms with E-state index in [1.165, 1.54) is 0 Å². The van der Waals surface area contributed by atoms with E-state index in [9.17, 15) is 9.59 Å². The molecule has 0 aromatic carbocycles. The number of aliphatic carboxylic acids is 1. The van der Waals surface area contributed by atoms with E-state index in [-0.39, 0.29) is 18.2 Å². The van der Waals surface area contributed by atoms with Crippen LogP contribution in [0.3, 0.4) is 0 Å². The number of carboxylic acid groups (broad SMARTS) is 1. The summed E-state index contributed by atoms with van der Waals surface area (Å²) < 4.78 is 5.16. The standard InChI is InChI=1S/C12H21NO4/c1-9(2)7-10(12(15)16)8-11(14)13-3-5-17-6-4-13/h9-10H,3-8H2,1-2H3,(H,15,16)/t10-/m1/s1. The van der Waals surface area contributed by atoms with Gasteiger partial charge in [0.05, 0.1) is 19.1 Å². The van der Waals surface area contributed by atoms with Crippen LogP contribution in [0, 0.1) is 11.8 Å². The van der Waals surface area contributed by atoms with Crippen LogP contribution in [0.5, 0.6) is 0 Å². The maximum atomic E-state index is 11.9. The Bertz CT molecular complexity index is 272. The second-order valence-electron chi connectivity index (χ2n) is 4.86. The molecule has 1 aliphatic heterocycles. The molecule has 1 saturated heterocycles. The fourth-order valence-electron chi connectivity index (χ4n) is 1.99. The topological polar surface area (TPSA) is 66.8 Å². The van der Waals surface area contributed by atoms with Crippen LogP contribution < -0.4 is 0 Å². The lowest BCUT2D eigenvalue weighted by Gasteiger charge is -2.28. The number of carboxylic acids is 1. The zero-order chi connectivity index (χ0) is 12.8. The minimum Gasteiger partial charge on any atom is -0.481 e. The van der Waals surface area contributed by atoms with Gasteiger partial charge >= 0.3 is 5.97 Å². The highest BCUT2D eigenvalue weighted by atomic mass is 16.5. The average molecular weight is 243 g/mol. The first-order valence-corrected chi connectivity index (χ1v) is 6.09. The molecule has 0 saturated carbocycles. The van der Waals surface area contributed by atoms with E-state index >= 15 is 0 Å². The molecule has 5 nitrogen and oxygen atoms in total. The summed E-state index contributed by atoms with van der Waals surface area (Å²) in [6, 6.07) is 0. The first kappa shape index (κ1) is 14.0. The van der Waals surface area contributed by atoms with Crippen LogP contribution in [0.4, 0.5) is 0 Å². The number of hydrogen-bond donors (Lipinski definition) is 1. The van der Waals surface area contributed by atoms with Gasteiger partial charge in [0.2, 0.25) is 5.91 Å². The highest BCUT2D eigenvalue weighted by Crippen LogP contribution is 2.17. The van der Waals surface area contributed by atoms with E-state index in [1.807, 2.05) is 13.8 Å². The lowest BCUT2D eigenvalue weighted by atomic mass is 9.94. The van der Waals surface area contributed by atoms with Crippen molar-refractivity contribution in [1.29, 1.82) is 0 Å². The molecule has 0 spiro atoms. The van der Waals surface area contributed by atoms with Crippen molar-refractivity contribution in [1.82, 2.24) is 4.90 Å². The SMILES string of the molecule is CC(C)C[C@H](CC(=O)N1CCOCC1)C(=O)O. The summed E-state index contributed by atoms with van der Waals surface area (Å²) in [5, 5.41) is 9.07. The normalized spacial score (nSPS) is 18.2. The number of morpholine rings is 1. The summed E-state index contributed by atoms with van der Waals surface area (Å²) in [5.74, 6) is -1.22. The molecule has 0 bridgehead atoms. The van der Waals surface area contributed by atoms with Crippen molar-refractivity contribution in [3.8, 4) is 0 Å². The summed E-state index contributed by atoms with van der Waals surface area (Å²) in [6.07, 6.45) is 0.652. The maximum Gasteiger partial charge on any atom is 0.307 e. The number of amides is 1. The van der Waals surface area contributed by atoms with Crippen LogP contribution in [0.15, 0.2) is 0 Å². The van der Waals surface area contributed by atoms with Gasteiger partial charge in [-0.25, -0.2) is 0 Å². The lowest BCUT2D eigenvalue weighted by molar-refractivity contribution is -0.147. The molecule has 98 valence electrons. The van der Waals surface area contributed by atoms with Crippen LogP contribution in [0.25, 0.3) is 0 Å². The minimum absolute atomic E-state index is 0.0682.